The van der Waals surface area contributed by atoms with E-state index in [9.17, 15) is 0 Å². The molecule has 70 valence electrons. The minimum atomic E-state index is 0.155. The van der Waals surface area contributed by atoms with Crippen LogP contribution in [0.15, 0.2) is 11.8 Å². The molecule has 0 unspecified atom stereocenters. The van der Waals surface area contributed by atoms with E-state index in [0.717, 1.165) is 0 Å². The topological polar surface area (TPSA) is 50.8 Å². The zero-order chi connectivity index (χ0) is 10.4. The Hall–Kier alpha value is -1.48. The molecule has 0 saturated heterocycles. The molecule has 0 rings (SSSR count). The van der Waals surface area contributed by atoms with Crippen molar-refractivity contribution in [3.05, 3.63) is 11.8 Å². The molecule has 0 spiro atoms. The molecule has 0 aromatic carbocycles. The maximum absolute atomic E-state index is 8.57. The minimum absolute atomic E-state index is 0.155. The monoisotopic (exact) mass is 177 g/mol. The second-order valence-electron chi connectivity index (χ2n) is 3.40. The van der Waals surface area contributed by atoms with Crippen LogP contribution in [0.3, 0.4) is 0 Å². The van der Waals surface area contributed by atoms with Crippen molar-refractivity contribution in [1.82, 2.24) is 4.90 Å². The van der Waals surface area contributed by atoms with Gasteiger partial charge in [-0.05, 0) is 27.7 Å². The average Bonchev–Trinajstić information content (AvgIpc) is 2.05. The highest BCUT2D eigenvalue weighted by Crippen LogP contribution is 2.07. The number of allylic oxidation sites excluding steroid dienone is 1. The Kier molecular flexibility index (Phi) is 4.62. The molecule has 3 nitrogen and oxygen atoms in total. The van der Waals surface area contributed by atoms with Crippen molar-refractivity contribution in [2.75, 3.05) is 0 Å². The number of hydrogen-bond acceptors (Lipinski definition) is 3. The Morgan fingerprint density at radius 1 is 1.08 bits per heavy atom. The molecule has 0 saturated carbocycles. The van der Waals surface area contributed by atoms with Crippen molar-refractivity contribution >= 4 is 0 Å². The van der Waals surface area contributed by atoms with Crippen LogP contribution in [-0.4, -0.2) is 17.0 Å². The fourth-order valence-electron chi connectivity index (χ4n) is 1.13. The Morgan fingerprint density at radius 2 is 1.46 bits per heavy atom. The van der Waals surface area contributed by atoms with Gasteiger partial charge in [-0.1, -0.05) is 0 Å². The molecule has 0 aliphatic rings. The Labute approximate surface area is 79.9 Å². The summed E-state index contributed by atoms with van der Waals surface area (Å²) in [6, 6.07) is 4.31. The molecule has 0 amide bonds. The van der Waals surface area contributed by atoms with E-state index in [1.54, 1.807) is 6.20 Å². The third kappa shape index (κ3) is 3.62. The lowest BCUT2D eigenvalue weighted by Crippen LogP contribution is -2.32. The third-order valence-corrected chi connectivity index (χ3v) is 1.71. The average molecular weight is 177 g/mol. The highest BCUT2D eigenvalue weighted by atomic mass is 15.2. The zero-order valence-electron chi connectivity index (χ0n) is 8.57. The molecule has 3 heteroatoms. The van der Waals surface area contributed by atoms with Crippen LogP contribution in [0.1, 0.15) is 27.7 Å². The molecule has 0 radical (unpaired) electrons. The van der Waals surface area contributed by atoms with E-state index in [4.69, 9.17) is 10.5 Å². The van der Waals surface area contributed by atoms with Crippen LogP contribution in [0.2, 0.25) is 0 Å². The van der Waals surface area contributed by atoms with E-state index in [1.807, 2.05) is 44.7 Å². The lowest BCUT2D eigenvalue weighted by molar-refractivity contribution is 0.255. The number of nitriles is 2. The summed E-state index contributed by atoms with van der Waals surface area (Å²) in [6.07, 6.45) is 1.62. The molecule has 0 heterocycles. The van der Waals surface area contributed by atoms with Gasteiger partial charge in [0.05, 0.1) is 0 Å². The lowest BCUT2D eigenvalue weighted by atomic mass is 10.2. The summed E-state index contributed by atoms with van der Waals surface area (Å²) in [6.45, 7) is 8.12. The number of nitrogens with zero attached hydrogens (tertiary/aromatic N) is 3. The van der Waals surface area contributed by atoms with Crippen LogP contribution < -0.4 is 0 Å². The summed E-state index contributed by atoms with van der Waals surface area (Å²) in [5, 5.41) is 17.1. The standard InChI is InChI=1S/C10H15N3/c1-8(2)13(9(3)4)7-10(5-11)6-12/h7-9H,1-4H3. The molecule has 0 bridgehead atoms. The van der Waals surface area contributed by atoms with Gasteiger partial charge in [-0.15, -0.1) is 0 Å². The second-order valence-corrected chi connectivity index (χ2v) is 3.40. The first-order valence-electron chi connectivity index (χ1n) is 4.32. The van der Waals surface area contributed by atoms with Crippen LogP contribution in [0.25, 0.3) is 0 Å². The molecule has 0 aliphatic carbocycles. The fraction of sp³-hybridized carbons (Fsp3) is 0.600. The highest BCUT2D eigenvalue weighted by molar-refractivity contribution is 5.34. The molecule has 13 heavy (non-hydrogen) atoms. The molecule has 0 N–H and O–H groups in total. The first kappa shape index (κ1) is 11.5. The highest BCUT2D eigenvalue weighted by Gasteiger charge is 2.09. The van der Waals surface area contributed by atoms with E-state index in [1.165, 1.54) is 0 Å². The van der Waals surface area contributed by atoms with Gasteiger partial charge >= 0.3 is 0 Å². The van der Waals surface area contributed by atoms with Gasteiger partial charge in [0.25, 0.3) is 0 Å². The van der Waals surface area contributed by atoms with E-state index >= 15 is 0 Å². The molecular formula is C10H15N3. The van der Waals surface area contributed by atoms with E-state index in [0.29, 0.717) is 12.1 Å². The Balaban J connectivity index is 4.72. The normalized spacial score (nSPS) is 9.23. The summed E-state index contributed by atoms with van der Waals surface area (Å²) in [4.78, 5) is 1.99. The van der Waals surface area contributed by atoms with Gasteiger partial charge in [0, 0.05) is 18.3 Å². The first-order chi connectivity index (χ1) is 6.02. The summed E-state index contributed by atoms with van der Waals surface area (Å²) in [7, 11) is 0. The van der Waals surface area contributed by atoms with Gasteiger partial charge in [0.2, 0.25) is 0 Å². The summed E-state index contributed by atoms with van der Waals surface area (Å²) in [5.74, 6) is 0. The van der Waals surface area contributed by atoms with Crippen molar-refractivity contribution in [3.63, 3.8) is 0 Å². The maximum atomic E-state index is 8.57. The first-order valence-corrected chi connectivity index (χ1v) is 4.32. The van der Waals surface area contributed by atoms with Gasteiger partial charge in [0.15, 0.2) is 0 Å². The van der Waals surface area contributed by atoms with Gasteiger partial charge in [0.1, 0.15) is 17.7 Å². The van der Waals surface area contributed by atoms with Crippen molar-refractivity contribution in [3.8, 4) is 12.1 Å². The van der Waals surface area contributed by atoms with Crippen molar-refractivity contribution in [2.45, 2.75) is 39.8 Å². The van der Waals surface area contributed by atoms with Crippen molar-refractivity contribution in [2.24, 2.45) is 0 Å². The number of hydrogen-bond donors (Lipinski definition) is 0. The van der Waals surface area contributed by atoms with Crippen molar-refractivity contribution < 1.29 is 0 Å². The molecule has 0 aromatic rings. The fourth-order valence-corrected chi connectivity index (χ4v) is 1.13. The quantitative estimate of drug-likeness (QED) is 0.620. The molecule has 0 atom stereocenters. The number of rotatable bonds is 3. The van der Waals surface area contributed by atoms with E-state index < -0.39 is 0 Å². The predicted molar refractivity (Wildman–Crippen MR) is 51.4 cm³/mol. The Bertz CT molecular complexity index is 239. The van der Waals surface area contributed by atoms with Crippen LogP contribution in [0.4, 0.5) is 0 Å². The third-order valence-electron chi connectivity index (χ3n) is 1.71. The SMILES string of the molecule is CC(C)N(C=C(C#N)C#N)C(C)C. The maximum Gasteiger partial charge on any atom is 0.145 e. The summed E-state index contributed by atoms with van der Waals surface area (Å²) < 4.78 is 0. The Morgan fingerprint density at radius 3 is 1.69 bits per heavy atom. The van der Waals surface area contributed by atoms with Crippen LogP contribution in [0, 0.1) is 22.7 Å². The predicted octanol–water partition coefficient (Wildman–Crippen LogP) is 2.04. The molecular weight excluding hydrogens is 162 g/mol. The van der Waals surface area contributed by atoms with Gasteiger partial charge in [-0.2, -0.15) is 10.5 Å². The molecule has 0 aliphatic heterocycles. The molecule has 0 fully saturated rings. The van der Waals surface area contributed by atoms with E-state index in [-0.39, 0.29) is 5.57 Å². The second kappa shape index (κ2) is 5.22. The minimum Gasteiger partial charge on any atom is -0.371 e. The zero-order valence-corrected chi connectivity index (χ0v) is 8.57. The largest absolute Gasteiger partial charge is 0.371 e. The van der Waals surface area contributed by atoms with Crippen LogP contribution in [-0.2, 0) is 0 Å². The van der Waals surface area contributed by atoms with Crippen LogP contribution >= 0.6 is 0 Å². The van der Waals surface area contributed by atoms with Gasteiger partial charge in [-0.3, -0.25) is 0 Å². The van der Waals surface area contributed by atoms with Gasteiger partial charge < -0.3 is 4.90 Å². The van der Waals surface area contributed by atoms with Gasteiger partial charge in [-0.25, -0.2) is 0 Å². The smallest absolute Gasteiger partial charge is 0.145 e. The van der Waals surface area contributed by atoms with Crippen LogP contribution in [0.5, 0.6) is 0 Å². The lowest BCUT2D eigenvalue weighted by Gasteiger charge is -2.28. The van der Waals surface area contributed by atoms with E-state index in [2.05, 4.69) is 0 Å². The summed E-state index contributed by atoms with van der Waals surface area (Å²) >= 11 is 0. The van der Waals surface area contributed by atoms with Crippen molar-refractivity contribution in [1.29, 1.82) is 10.5 Å². The molecule has 0 aromatic heterocycles. The summed E-state index contributed by atoms with van der Waals surface area (Å²) in [5.41, 5.74) is 0.155.